The molecule has 3 heteroatoms. The van der Waals surface area contributed by atoms with Crippen LogP contribution in [0.15, 0.2) is 42.9 Å². The Kier molecular flexibility index (Phi) is 3.05. The molecule has 0 saturated heterocycles. The molecule has 1 N–H and O–H groups in total. The summed E-state index contributed by atoms with van der Waals surface area (Å²) in [4.78, 5) is 8.46. The molecule has 0 unspecified atom stereocenters. The third-order valence-corrected chi connectivity index (χ3v) is 2.16. The highest BCUT2D eigenvalue weighted by molar-refractivity contribution is 5.57. The maximum absolute atomic E-state index is 4.39. The minimum absolute atomic E-state index is 0.848. The lowest BCUT2D eigenvalue weighted by atomic mass is 10.1. The minimum atomic E-state index is 0.848. The van der Waals surface area contributed by atoms with Gasteiger partial charge in [0.05, 0.1) is 5.69 Å². The van der Waals surface area contributed by atoms with E-state index in [2.05, 4.69) is 21.4 Å². The fourth-order valence-electron chi connectivity index (χ4n) is 1.42. The van der Waals surface area contributed by atoms with Crippen LogP contribution >= 0.6 is 0 Å². The molecule has 0 spiro atoms. The maximum atomic E-state index is 4.39. The van der Waals surface area contributed by atoms with Crippen LogP contribution in [-0.2, 0) is 6.54 Å². The number of hydrogen-bond acceptors (Lipinski definition) is 3. The van der Waals surface area contributed by atoms with Crippen LogP contribution in [0.4, 0.5) is 0 Å². The Balaban J connectivity index is 2.24. The van der Waals surface area contributed by atoms with Gasteiger partial charge in [-0.1, -0.05) is 6.07 Å². The van der Waals surface area contributed by atoms with Gasteiger partial charge in [-0.05, 0) is 30.8 Å². The Hall–Kier alpha value is -1.74. The number of pyridine rings is 2. The average Bonchev–Trinajstić information content (AvgIpc) is 2.32. The first kappa shape index (κ1) is 9.80. The fraction of sp³-hybridized carbons (Fsp3) is 0.167. The van der Waals surface area contributed by atoms with Crippen molar-refractivity contribution in [2.24, 2.45) is 0 Å². The molecule has 76 valence electrons. The Morgan fingerprint density at radius 1 is 1.20 bits per heavy atom. The molecule has 15 heavy (non-hydrogen) atoms. The lowest BCUT2D eigenvalue weighted by Gasteiger charge is -2.02. The van der Waals surface area contributed by atoms with Crippen LogP contribution in [0, 0.1) is 0 Å². The second kappa shape index (κ2) is 4.66. The van der Waals surface area contributed by atoms with Crippen LogP contribution in [0.5, 0.6) is 0 Å². The van der Waals surface area contributed by atoms with E-state index in [1.54, 1.807) is 6.20 Å². The van der Waals surface area contributed by atoms with E-state index >= 15 is 0 Å². The molecule has 3 nitrogen and oxygen atoms in total. The molecular formula is C12H13N3. The van der Waals surface area contributed by atoms with Gasteiger partial charge in [0.1, 0.15) is 0 Å². The molecule has 0 fully saturated rings. The lowest BCUT2D eigenvalue weighted by molar-refractivity contribution is 0.813. The summed E-state index contributed by atoms with van der Waals surface area (Å²) in [6.07, 6.45) is 5.47. The first-order valence-electron chi connectivity index (χ1n) is 4.90. The van der Waals surface area contributed by atoms with E-state index in [4.69, 9.17) is 0 Å². The summed E-state index contributed by atoms with van der Waals surface area (Å²) in [7, 11) is 1.93. The Morgan fingerprint density at radius 2 is 2.13 bits per heavy atom. The number of nitrogens with zero attached hydrogens (tertiary/aromatic N) is 2. The molecular weight excluding hydrogens is 186 g/mol. The molecule has 0 atom stereocenters. The van der Waals surface area contributed by atoms with Crippen LogP contribution in [0.1, 0.15) is 5.56 Å². The third-order valence-electron chi connectivity index (χ3n) is 2.16. The predicted molar refractivity (Wildman–Crippen MR) is 60.2 cm³/mol. The zero-order chi connectivity index (χ0) is 10.5. The second-order valence-electron chi connectivity index (χ2n) is 3.32. The van der Waals surface area contributed by atoms with Crippen molar-refractivity contribution < 1.29 is 0 Å². The summed E-state index contributed by atoms with van der Waals surface area (Å²) >= 11 is 0. The molecule has 0 bridgehead atoms. The van der Waals surface area contributed by atoms with Crippen LogP contribution < -0.4 is 5.32 Å². The van der Waals surface area contributed by atoms with Gasteiger partial charge >= 0.3 is 0 Å². The van der Waals surface area contributed by atoms with Crippen molar-refractivity contribution in [3.05, 3.63) is 48.4 Å². The van der Waals surface area contributed by atoms with E-state index in [-0.39, 0.29) is 0 Å². The molecule has 0 aliphatic carbocycles. The summed E-state index contributed by atoms with van der Waals surface area (Å²) in [5.74, 6) is 0. The highest BCUT2D eigenvalue weighted by atomic mass is 14.8. The summed E-state index contributed by atoms with van der Waals surface area (Å²) < 4.78 is 0. The van der Waals surface area contributed by atoms with Crippen molar-refractivity contribution in [2.75, 3.05) is 7.05 Å². The zero-order valence-corrected chi connectivity index (χ0v) is 8.64. The monoisotopic (exact) mass is 199 g/mol. The summed E-state index contributed by atoms with van der Waals surface area (Å²) in [5.41, 5.74) is 3.20. The van der Waals surface area contributed by atoms with Crippen molar-refractivity contribution in [3.8, 4) is 11.3 Å². The van der Waals surface area contributed by atoms with Crippen LogP contribution in [-0.4, -0.2) is 17.0 Å². The summed E-state index contributed by atoms with van der Waals surface area (Å²) in [5, 5.41) is 3.09. The van der Waals surface area contributed by atoms with E-state index in [1.807, 2.05) is 37.6 Å². The van der Waals surface area contributed by atoms with Crippen molar-refractivity contribution in [1.82, 2.24) is 15.3 Å². The van der Waals surface area contributed by atoms with Crippen molar-refractivity contribution >= 4 is 0 Å². The molecule has 0 aromatic carbocycles. The molecule has 2 heterocycles. The number of rotatable bonds is 3. The Morgan fingerprint density at radius 3 is 2.73 bits per heavy atom. The Bertz CT molecular complexity index is 409. The van der Waals surface area contributed by atoms with Gasteiger partial charge in [-0.3, -0.25) is 9.97 Å². The van der Waals surface area contributed by atoms with Crippen molar-refractivity contribution in [1.29, 1.82) is 0 Å². The van der Waals surface area contributed by atoms with E-state index in [9.17, 15) is 0 Å². The Labute approximate surface area is 89.2 Å². The first-order chi connectivity index (χ1) is 7.40. The maximum Gasteiger partial charge on any atom is 0.0717 e. The second-order valence-corrected chi connectivity index (χ2v) is 3.32. The van der Waals surface area contributed by atoms with Crippen molar-refractivity contribution in [3.63, 3.8) is 0 Å². The number of nitrogens with one attached hydrogen (secondary N) is 1. The predicted octanol–water partition coefficient (Wildman–Crippen LogP) is 1.86. The summed E-state index contributed by atoms with van der Waals surface area (Å²) in [6, 6.07) is 8.02. The van der Waals surface area contributed by atoms with E-state index in [0.29, 0.717) is 0 Å². The van der Waals surface area contributed by atoms with Gasteiger partial charge in [0.2, 0.25) is 0 Å². The molecule has 0 aliphatic heterocycles. The topological polar surface area (TPSA) is 37.8 Å². The average molecular weight is 199 g/mol. The molecule has 2 aromatic rings. The van der Waals surface area contributed by atoms with Gasteiger partial charge in [0.15, 0.2) is 0 Å². The highest BCUT2D eigenvalue weighted by Crippen LogP contribution is 2.14. The van der Waals surface area contributed by atoms with Gasteiger partial charge in [0, 0.05) is 30.7 Å². The van der Waals surface area contributed by atoms with Gasteiger partial charge in [0.25, 0.3) is 0 Å². The van der Waals surface area contributed by atoms with Crippen LogP contribution in [0.3, 0.4) is 0 Å². The number of hydrogen-bond donors (Lipinski definition) is 1. The normalized spacial score (nSPS) is 10.2. The fourth-order valence-corrected chi connectivity index (χ4v) is 1.42. The van der Waals surface area contributed by atoms with E-state index < -0.39 is 0 Å². The molecule has 2 rings (SSSR count). The van der Waals surface area contributed by atoms with Gasteiger partial charge in [-0.25, -0.2) is 0 Å². The molecule has 0 radical (unpaired) electrons. The third kappa shape index (κ3) is 2.39. The standard InChI is InChI=1S/C12H13N3/c1-13-7-10-4-5-12(15-8-10)11-3-2-6-14-9-11/h2-6,8-9,13H,7H2,1H3. The molecule has 0 amide bonds. The molecule has 0 aliphatic rings. The lowest BCUT2D eigenvalue weighted by Crippen LogP contribution is -2.05. The minimum Gasteiger partial charge on any atom is -0.316 e. The van der Waals surface area contributed by atoms with Gasteiger partial charge in [-0.2, -0.15) is 0 Å². The van der Waals surface area contributed by atoms with Gasteiger partial charge < -0.3 is 5.32 Å². The largest absolute Gasteiger partial charge is 0.316 e. The molecule has 0 saturated carbocycles. The van der Waals surface area contributed by atoms with Gasteiger partial charge in [-0.15, -0.1) is 0 Å². The van der Waals surface area contributed by atoms with Crippen LogP contribution in [0.25, 0.3) is 11.3 Å². The first-order valence-corrected chi connectivity index (χ1v) is 4.90. The SMILES string of the molecule is CNCc1ccc(-c2cccnc2)nc1. The summed E-state index contributed by atoms with van der Waals surface area (Å²) in [6.45, 7) is 0.848. The zero-order valence-electron chi connectivity index (χ0n) is 8.64. The quantitative estimate of drug-likeness (QED) is 0.820. The van der Waals surface area contributed by atoms with E-state index in [0.717, 1.165) is 17.8 Å². The van der Waals surface area contributed by atoms with Crippen molar-refractivity contribution in [2.45, 2.75) is 6.54 Å². The smallest absolute Gasteiger partial charge is 0.0717 e. The highest BCUT2D eigenvalue weighted by Gasteiger charge is 1.98. The van der Waals surface area contributed by atoms with E-state index in [1.165, 1.54) is 5.56 Å². The number of aromatic nitrogens is 2. The molecule has 2 aromatic heterocycles. The van der Waals surface area contributed by atoms with Crippen LogP contribution in [0.2, 0.25) is 0 Å².